The van der Waals surface area contributed by atoms with E-state index < -0.39 is 14.9 Å². The summed E-state index contributed by atoms with van der Waals surface area (Å²) in [4.78, 5) is 17.4. The van der Waals surface area contributed by atoms with Crippen LogP contribution in [0.3, 0.4) is 0 Å². The SMILES string of the molecule is CCN(CCCNc1ncc([N+](=O)[O-])cn1)S(C)(=O)=O. The van der Waals surface area contributed by atoms with Crippen LogP contribution in [0.25, 0.3) is 0 Å². The Kier molecular flexibility index (Phi) is 5.77. The van der Waals surface area contributed by atoms with Crippen molar-refractivity contribution in [3.05, 3.63) is 22.5 Å². The van der Waals surface area contributed by atoms with E-state index in [1.807, 2.05) is 0 Å². The quantitative estimate of drug-likeness (QED) is 0.421. The second kappa shape index (κ2) is 7.10. The van der Waals surface area contributed by atoms with E-state index in [0.29, 0.717) is 26.1 Å². The van der Waals surface area contributed by atoms with Crippen molar-refractivity contribution >= 4 is 21.7 Å². The predicted molar refractivity (Wildman–Crippen MR) is 73.9 cm³/mol. The molecule has 0 unspecified atom stereocenters. The van der Waals surface area contributed by atoms with Crippen molar-refractivity contribution in [2.45, 2.75) is 13.3 Å². The molecular weight excluding hydrogens is 286 g/mol. The third kappa shape index (κ3) is 5.05. The number of hydrogen-bond donors (Lipinski definition) is 1. The van der Waals surface area contributed by atoms with E-state index in [1.165, 1.54) is 10.6 Å². The van der Waals surface area contributed by atoms with Crippen LogP contribution in [0.4, 0.5) is 11.6 Å². The Balaban J connectivity index is 2.39. The number of anilines is 1. The number of nitrogens with one attached hydrogen (secondary N) is 1. The molecule has 0 saturated heterocycles. The first kappa shape index (κ1) is 16.2. The Hall–Kier alpha value is -1.81. The standard InChI is InChI=1S/C10H17N5O4S/c1-3-14(20(2,18)19)6-4-5-11-10-12-7-9(8-13-10)15(16)17/h7-8H,3-6H2,1-2H3,(H,11,12,13). The average Bonchev–Trinajstić information content (AvgIpc) is 2.37. The van der Waals surface area contributed by atoms with Crippen LogP contribution in [0.1, 0.15) is 13.3 Å². The largest absolute Gasteiger partial charge is 0.354 e. The molecule has 0 atom stereocenters. The van der Waals surface area contributed by atoms with Gasteiger partial charge in [-0.05, 0) is 6.42 Å². The van der Waals surface area contributed by atoms with Gasteiger partial charge in [-0.1, -0.05) is 6.92 Å². The maximum atomic E-state index is 11.3. The number of sulfonamides is 1. The summed E-state index contributed by atoms with van der Waals surface area (Å²) in [6.45, 7) is 3.07. The van der Waals surface area contributed by atoms with Crippen LogP contribution in [0.5, 0.6) is 0 Å². The third-order valence-corrected chi connectivity index (χ3v) is 3.92. The topological polar surface area (TPSA) is 118 Å². The normalized spacial score (nSPS) is 11.6. The fraction of sp³-hybridized carbons (Fsp3) is 0.600. The number of rotatable bonds is 8. The molecule has 10 heteroatoms. The molecule has 1 rings (SSSR count). The molecule has 0 aromatic carbocycles. The number of nitrogens with zero attached hydrogens (tertiary/aromatic N) is 4. The maximum absolute atomic E-state index is 11.3. The van der Waals surface area contributed by atoms with Gasteiger partial charge in [-0.3, -0.25) is 10.1 Å². The van der Waals surface area contributed by atoms with Crippen molar-refractivity contribution in [1.82, 2.24) is 14.3 Å². The molecule has 1 aromatic heterocycles. The highest BCUT2D eigenvalue weighted by molar-refractivity contribution is 7.88. The molecular formula is C10H17N5O4S. The predicted octanol–water partition coefficient (Wildman–Crippen LogP) is 0.468. The molecule has 0 spiro atoms. The average molecular weight is 303 g/mol. The van der Waals surface area contributed by atoms with Crippen molar-refractivity contribution in [1.29, 1.82) is 0 Å². The van der Waals surface area contributed by atoms with Crippen LogP contribution in [0.2, 0.25) is 0 Å². The molecule has 1 N–H and O–H groups in total. The van der Waals surface area contributed by atoms with Crippen molar-refractivity contribution in [2.75, 3.05) is 31.2 Å². The summed E-state index contributed by atoms with van der Waals surface area (Å²) in [7, 11) is -3.18. The highest BCUT2D eigenvalue weighted by atomic mass is 32.2. The summed E-state index contributed by atoms with van der Waals surface area (Å²) in [6, 6.07) is 0. The number of hydrogen-bond acceptors (Lipinski definition) is 7. The van der Waals surface area contributed by atoms with Gasteiger partial charge in [0.15, 0.2) is 0 Å². The molecule has 1 heterocycles. The van der Waals surface area contributed by atoms with Gasteiger partial charge in [0, 0.05) is 19.6 Å². The third-order valence-electron chi connectivity index (χ3n) is 2.54. The lowest BCUT2D eigenvalue weighted by molar-refractivity contribution is -0.385. The Bertz CT molecular complexity index is 545. The van der Waals surface area contributed by atoms with Gasteiger partial charge in [0.1, 0.15) is 12.4 Å². The highest BCUT2D eigenvalue weighted by Gasteiger charge is 2.13. The minimum absolute atomic E-state index is 0.176. The lowest BCUT2D eigenvalue weighted by Crippen LogP contribution is -2.31. The smallest absolute Gasteiger partial charge is 0.305 e. The number of nitro groups is 1. The molecule has 0 aliphatic carbocycles. The Morgan fingerprint density at radius 3 is 2.45 bits per heavy atom. The Morgan fingerprint density at radius 1 is 1.40 bits per heavy atom. The molecule has 0 fully saturated rings. The van der Waals surface area contributed by atoms with Gasteiger partial charge < -0.3 is 5.32 Å². The van der Waals surface area contributed by atoms with Crippen molar-refractivity contribution in [3.63, 3.8) is 0 Å². The van der Waals surface area contributed by atoms with E-state index in [1.54, 1.807) is 6.92 Å². The van der Waals surface area contributed by atoms with E-state index in [2.05, 4.69) is 15.3 Å². The Morgan fingerprint density at radius 2 is 2.00 bits per heavy atom. The summed E-state index contributed by atoms with van der Waals surface area (Å²) in [5.41, 5.74) is -0.176. The van der Waals surface area contributed by atoms with Crippen molar-refractivity contribution in [3.8, 4) is 0 Å². The first-order chi connectivity index (χ1) is 9.34. The minimum Gasteiger partial charge on any atom is -0.354 e. The fourth-order valence-corrected chi connectivity index (χ4v) is 2.45. The van der Waals surface area contributed by atoms with Crippen molar-refractivity contribution < 1.29 is 13.3 Å². The second-order valence-corrected chi connectivity index (χ2v) is 6.04. The van der Waals surface area contributed by atoms with Crippen LogP contribution in [0, 0.1) is 10.1 Å². The summed E-state index contributed by atoms with van der Waals surface area (Å²) in [5.74, 6) is 0.276. The van der Waals surface area contributed by atoms with E-state index in [4.69, 9.17) is 0 Å². The van der Waals surface area contributed by atoms with Crippen LogP contribution >= 0.6 is 0 Å². The Labute approximate surface area is 117 Å². The molecule has 0 aliphatic heterocycles. The zero-order valence-electron chi connectivity index (χ0n) is 11.3. The summed E-state index contributed by atoms with van der Waals surface area (Å²) >= 11 is 0. The zero-order chi connectivity index (χ0) is 15.2. The molecule has 0 aliphatic rings. The highest BCUT2D eigenvalue weighted by Crippen LogP contribution is 2.08. The minimum atomic E-state index is -3.18. The second-order valence-electron chi connectivity index (χ2n) is 4.06. The maximum Gasteiger partial charge on any atom is 0.305 e. The number of aromatic nitrogens is 2. The van der Waals surface area contributed by atoms with E-state index in [-0.39, 0.29) is 11.6 Å². The van der Waals surface area contributed by atoms with Gasteiger partial charge >= 0.3 is 5.69 Å². The van der Waals surface area contributed by atoms with Gasteiger partial charge in [-0.2, -0.15) is 0 Å². The molecule has 9 nitrogen and oxygen atoms in total. The lowest BCUT2D eigenvalue weighted by Gasteiger charge is -2.17. The van der Waals surface area contributed by atoms with Gasteiger partial charge in [0.05, 0.1) is 11.2 Å². The molecule has 0 bridgehead atoms. The summed E-state index contributed by atoms with van der Waals surface area (Å²) in [5, 5.41) is 13.3. The first-order valence-corrected chi connectivity index (χ1v) is 7.85. The molecule has 0 saturated carbocycles. The fourth-order valence-electron chi connectivity index (χ4n) is 1.52. The van der Waals surface area contributed by atoms with Crippen LogP contribution in [0.15, 0.2) is 12.4 Å². The van der Waals surface area contributed by atoms with E-state index in [0.717, 1.165) is 12.4 Å². The van der Waals surface area contributed by atoms with Crippen LogP contribution in [-0.2, 0) is 10.0 Å². The van der Waals surface area contributed by atoms with E-state index in [9.17, 15) is 18.5 Å². The van der Waals surface area contributed by atoms with Crippen molar-refractivity contribution in [2.24, 2.45) is 0 Å². The van der Waals surface area contributed by atoms with E-state index >= 15 is 0 Å². The lowest BCUT2D eigenvalue weighted by atomic mass is 10.4. The molecule has 20 heavy (non-hydrogen) atoms. The van der Waals surface area contributed by atoms with Gasteiger partial charge in [-0.15, -0.1) is 0 Å². The van der Waals surface area contributed by atoms with Gasteiger partial charge in [0.25, 0.3) is 0 Å². The van der Waals surface area contributed by atoms with Crippen LogP contribution < -0.4 is 5.32 Å². The molecule has 0 amide bonds. The molecule has 0 radical (unpaired) electrons. The zero-order valence-corrected chi connectivity index (χ0v) is 12.1. The monoisotopic (exact) mass is 303 g/mol. The molecule has 1 aromatic rings. The summed E-state index contributed by atoms with van der Waals surface area (Å²) < 4.78 is 24.1. The first-order valence-electron chi connectivity index (χ1n) is 6.00. The van der Waals surface area contributed by atoms with Gasteiger partial charge in [-0.25, -0.2) is 22.7 Å². The van der Waals surface area contributed by atoms with Gasteiger partial charge in [0.2, 0.25) is 16.0 Å². The summed E-state index contributed by atoms with van der Waals surface area (Å²) in [6.07, 6.45) is 3.99. The van der Waals surface area contributed by atoms with Crippen LogP contribution in [-0.4, -0.2) is 53.5 Å². The molecule has 112 valence electrons.